The Hall–Kier alpha value is -1.77. The van der Waals surface area contributed by atoms with Gasteiger partial charge in [-0.1, -0.05) is 36.4 Å². The zero-order valence-corrected chi connectivity index (χ0v) is 14.5. The minimum absolute atomic E-state index is 0.139. The number of phosphoric acid groups is 1. The SMILES string of the molecule is O=P(O)(O)O.OCCNCCO.c1ccc(Oc2ccccc2)cc1. The second kappa shape index (κ2) is 14.6. The molecule has 0 bridgehead atoms. The largest absolute Gasteiger partial charge is 0.466 e. The number of aliphatic hydroxyl groups excluding tert-OH is 2. The molecule has 0 saturated heterocycles. The van der Waals surface area contributed by atoms with Gasteiger partial charge in [0.1, 0.15) is 11.5 Å². The lowest BCUT2D eigenvalue weighted by Gasteiger charge is -2.03. The highest BCUT2D eigenvalue weighted by Gasteiger charge is 2.00. The van der Waals surface area contributed by atoms with Crippen molar-refractivity contribution in [2.45, 2.75) is 0 Å². The van der Waals surface area contributed by atoms with Crippen LogP contribution in [0.5, 0.6) is 11.5 Å². The van der Waals surface area contributed by atoms with E-state index in [0.717, 1.165) is 11.5 Å². The molecule has 0 unspecified atom stereocenters. The second-order valence-corrected chi connectivity index (χ2v) is 5.47. The molecule has 0 fully saturated rings. The molecule has 0 aromatic heterocycles. The van der Waals surface area contributed by atoms with Gasteiger partial charge in [-0.15, -0.1) is 0 Å². The molecular formula is C16H24NO7P. The van der Waals surface area contributed by atoms with Gasteiger partial charge in [0.05, 0.1) is 13.2 Å². The van der Waals surface area contributed by atoms with Gasteiger partial charge in [-0.25, -0.2) is 4.57 Å². The Morgan fingerprint density at radius 3 is 1.36 bits per heavy atom. The minimum Gasteiger partial charge on any atom is -0.457 e. The van der Waals surface area contributed by atoms with E-state index >= 15 is 0 Å². The van der Waals surface area contributed by atoms with Crippen molar-refractivity contribution in [2.75, 3.05) is 26.3 Å². The Kier molecular flexibility index (Phi) is 13.5. The van der Waals surface area contributed by atoms with Crippen LogP contribution in [0.4, 0.5) is 0 Å². The van der Waals surface area contributed by atoms with Crippen molar-refractivity contribution in [1.29, 1.82) is 0 Å². The average Bonchev–Trinajstić information content (AvgIpc) is 2.56. The fraction of sp³-hybridized carbons (Fsp3) is 0.250. The summed E-state index contributed by atoms with van der Waals surface area (Å²) in [4.78, 5) is 21.6. The average molecular weight is 373 g/mol. The molecule has 8 nitrogen and oxygen atoms in total. The zero-order valence-electron chi connectivity index (χ0n) is 13.6. The predicted molar refractivity (Wildman–Crippen MR) is 94.3 cm³/mol. The van der Waals surface area contributed by atoms with Crippen LogP contribution >= 0.6 is 7.82 Å². The molecule has 2 aromatic carbocycles. The summed E-state index contributed by atoms with van der Waals surface area (Å²) in [5.41, 5.74) is 0. The smallest absolute Gasteiger partial charge is 0.457 e. The van der Waals surface area contributed by atoms with Gasteiger partial charge in [0.15, 0.2) is 0 Å². The maximum Gasteiger partial charge on any atom is 0.466 e. The van der Waals surface area contributed by atoms with Crippen LogP contribution in [-0.4, -0.2) is 51.2 Å². The Bertz CT molecular complexity index is 528. The van der Waals surface area contributed by atoms with Crippen LogP contribution in [0, 0.1) is 0 Å². The summed E-state index contributed by atoms with van der Waals surface area (Å²) >= 11 is 0. The maximum atomic E-state index is 8.88. The van der Waals surface area contributed by atoms with Crippen LogP contribution in [0.15, 0.2) is 60.7 Å². The molecule has 9 heteroatoms. The number of ether oxygens (including phenoxy) is 1. The number of rotatable bonds is 6. The number of benzene rings is 2. The molecule has 25 heavy (non-hydrogen) atoms. The quantitative estimate of drug-likeness (QED) is 0.327. The van der Waals surface area contributed by atoms with Gasteiger partial charge in [-0.05, 0) is 24.3 Å². The predicted octanol–water partition coefficient (Wildman–Crippen LogP) is 1.11. The minimum atomic E-state index is -4.64. The molecule has 2 aromatic rings. The number of para-hydroxylation sites is 2. The normalized spacial score (nSPS) is 9.96. The van der Waals surface area contributed by atoms with Gasteiger partial charge in [-0.2, -0.15) is 0 Å². The van der Waals surface area contributed by atoms with E-state index in [1.54, 1.807) is 0 Å². The van der Waals surface area contributed by atoms with Gasteiger partial charge < -0.3 is 34.9 Å². The van der Waals surface area contributed by atoms with E-state index in [1.165, 1.54) is 0 Å². The van der Waals surface area contributed by atoms with Gasteiger partial charge >= 0.3 is 7.82 Å². The highest BCUT2D eigenvalue weighted by molar-refractivity contribution is 7.45. The molecule has 6 N–H and O–H groups in total. The molecule has 0 saturated carbocycles. The van der Waals surface area contributed by atoms with Crippen molar-refractivity contribution in [3.63, 3.8) is 0 Å². The van der Waals surface area contributed by atoms with Gasteiger partial charge in [0.25, 0.3) is 0 Å². The Morgan fingerprint density at radius 2 is 1.08 bits per heavy atom. The lowest BCUT2D eigenvalue weighted by atomic mass is 10.3. The van der Waals surface area contributed by atoms with Crippen molar-refractivity contribution < 1.29 is 34.2 Å². The van der Waals surface area contributed by atoms with Crippen LogP contribution in [0.2, 0.25) is 0 Å². The molecule has 140 valence electrons. The van der Waals surface area contributed by atoms with E-state index in [1.807, 2.05) is 60.7 Å². The summed E-state index contributed by atoms with van der Waals surface area (Å²) in [6.07, 6.45) is 0. The van der Waals surface area contributed by atoms with Gasteiger partial charge in [0.2, 0.25) is 0 Å². The Morgan fingerprint density at radius 1 is 0.760 bits per heavy atom. The van der Waals surface area contributed by atoms with Crippen LogP contribution in [0.1, 0.15) is 0 Å². The van der Waals surface area contributed by atoms with Crippen LogP contribution in [-0.2, 0) is 4.57 Å². The lowest BCUT2D eigenvalue weighted by Crippen LogP contribution is -2.21. The topological polar surface area (TPSA) is 139 Å². The standard InChI is InChI=1S/C12H10O.C4H11NO2.H3O4P/c1-3-7-11(8-4-1)13-12-9-5-2-6-10-12;6-3-1-5-2-4-7;1-5(2,3)4/h1-10H;5-7H,1-4H2;(H3,1,2,3,4). The monoisotopic (exact) mass is 373 g/mol. The van der Waals surface area contributed by atoms with Crippen LogP contribution < -0.4 is 10.1 Å². The number of hydrogen-bond acceptors (Lipinski definition) is 5. The molecule has 0 radical (unpaired) electrons. The first-order valence-corrected chi connectivity index (χ1v) is 8.92. The maximum absolute atomic E-state index is 8.88. The second-order valence-electron chi connectivity index (χ2n) is 4.44. The summed E-state index contributed by atoms with van der Waals surface area (Å²) in [7, 11) is -4.64. The molecule has 0 spiro atoms. The van der Waals surface area contributed by atoms with E-state index < -0.39 is 7.82 Å². The highest BCUT2D eigenvalue weighted by atomic mass is 31.2. The number of aliphatic hydroxyl groups is 2. The first-order valence-electron chi connectivity index (χ1n) is 7.35. The van der Waals surface area contributed by atoms with Crippen molar-refractivity contribution >= 4 is 7.82 Å². The summed E-state index contributed by atoms with van der Waals surface area (Å²) in [5.74, 6) is 1.74. The van der Waals surface area contributed by atoms with Crippen LogP contribution in [0.25, 0.3) is 0 Å². The Balaban J connectivity index is 0.000000408. The summed E-state index contributed by atoms with van der Waals surface area (Å²) < 4.78 is 14.5. The third-order valence-electron chi connectivity index (χ3n) is 2.30. The molecule has 0 amide bonds. The fourth-order valence-electron chi connectivity index (χ4n) is 1.40. The van der Waals surface area contributed by atoms with E-state index in [0.29, 0.717) is 13.1 Å². The highest BCUT2D eigenvalue weighted by Crippen LogP contribution is 2.25. The van der Waals surface area contributed by atoms with E-state index in [4.69, 9.17) is 34.2 Å². The molecule has 0 atom stereocenters. The number of hydrogen-bond donors (Lipinski definition) is 6. The van der Waals surface area contributed by atoms with Crippen molar-refractivity contribution in [3.05, 3.63) is 60.7 Å². The Labute approximate surface area is 146 Å². The summed E-state index contributed by atoms with van der Waals surface area (Å²) in [5, 5.41) is 19.1. The van der Waals surface area contributed by atoms with E-state index in [9.17, 15) is 0 Å². The van der Waals surface area contributed by atoms with Crippen molar-refractivity contribution in [3.8, 4) is 11.5 Å². The van der Waals surface area contributed by atoms with Crippen LogP contribution in [0.3, 0.4) is 0 Å². The summed E-state index contributed by atoms with van der Waals surface area (Å²) in [6.45, 7) is 1.42. The van der Waals surface area contributed by atoms with Crippen molar-refractivity contribution in [2.24, 2.45) is 0 Å². The molecule has 2 rings (SSSR count). The lowest BCUT2D eigenvalue weighted by molar-refractivity contribution is 0.266. The fourth-order valence-corrected chi connectivity index (χ4v) is 1.40. The van der Waals surface area contributed by atoms with Crippen molar-refractivity contribution in [1.82, 2.24) is 5.32 Å². The first kappa shape index (κ1) is 23.2. The molecule has 0 heterocycles. The third-order valence-corrected chi connectivity index (χ3v) is 2.30. The molecule has 0 aliphatic rings. The third kappa shape index (κ3) is 18.4. The van der Waals surface area contributed by atoms with Gasteiger partial charge in [-0.3, -0.25) is 0 Å². The molecule has 0 aliphatic heterocycles. The van der Waals surface area contributed by atoms with E-state index in [2.05, 4.69) is 5.32 Å². The van der Waals surface area contributed by atoms with E-state index in [-0.39, 0.29) is 13.2 Å². The summed E-state index contributed by atoms with van der Waals surface area (Å²) in [6, 6.07) is 19.5. The molecular weight excluding hydrogens is 349 g/mol. The molecule has 0 aliphatic carbocycles. The number of nitrogens with one attached hydrogen (secondary N) is 1. The zero-order chi connectivity index (χ0) is 19.0. The van der Waals surface area contributed by atoms with Gasteiger partial charge in [0, 0.05) is 13.1 Å². The first-order chi connectivity index (χ1) is 11.9.